The summed E-state index contributed by atoms with van der Waals surface area (Å²) >= 11 is 0. The van der Waals surface area contributed by atoms with Crippen LogP contribution in [0.3, 0.4) is 0 Å². The van der Waals surface area contributed by atoms with Gasteiger partial charge in [-0.25, -0.2) is 0 Å². The van der Waals surface area contributed by atoms with Gasteiger partial charge in [0, 0.05) is 19.3 Å². The lowest BCUT2D eigenvalue weighted by Crippen LogP contribution is -2.30. The van der Waals surface area contributed by atoms with Gasteiger partial charge in [-0.2, -0.15) is 0 Å². The van der Waals surface area contributed by atoms with Gasteiger partial charge in [0.2, 0.25) is 0 Å². The van der Waals surface area contributed by atoms with E-state index in [9.17, 15) is 14.4 Å². The highest BCUT2D eigenvalue weighted by Crippen LogP contribution is 2.16. The van der Waals surface area contributed by atoms with Crippen molar-refractivity contribution < 1.29 is 28.6 Å². The maximum absolute atomic E-state index is 12.8. The molecule has 0 aliphatic rings. The third-order valence-corrected chi connectivity index (χ3v) is 12.3. The van der Waals surface area contributed by atoms with Crippen LogP contribution in [0.4, 0.5) is 0 Å². The zero-order valence-electron chi connectivity index (χ0n) is 43.7. The molecule has 0 radical (unpaired) electrons. The summed E-state index contributed by atoms with van der Waals surface area (Å²) in [6, 6.07) is 0. The minimum atomic E-state index is -0.770. The van der Waals surface area contributed by atoms with Crippen LogP contribution in [-0.4, -0.2) is 37.2 Å². The predicted molar refractivity (Wildman–Crippen MR) is 284 cm³/mol. The minimum absolute atomic E-state index is 0.0741. The van der Waals surface area contributed by atoms with E-state index in [4.69, 9.17) is 14.2 Å². The van der Waals surface area contributed by atoms with E-state index in [1.54, 1.807) is 0 Å². The van der Waals surface area contributed by atoms with E-state index in [0.29, 0.717) is 19.3 Å². The first-order chi connectivity index (χ1) is 32.5. The molecule has 382 valence electrons. The second kappa shape index (κ2) is 54.7. The van der Waals surface area contributed by atoms with E-state index in [1.165, 1.54) is 141 Å². The maximum Gasteiger partial charge on any atom is 0.306 e. The van der Waals surface area contributed by atoms with E-state index in [-0.39, 0.29) is 31.1 Å². The third kappa shape index (κ3) is 52.1. The number of esters is 3. The molecule has 6 heteroatoms. The highest BCUT2D eigenvalue weighted by atomic mass is 16.6. The van der Waals surface area contributed by atoms with Crippen LogP contribution in [-0.2, 0) is 28.6 Å². The van der Waals surface area contributed by atoms with E-state index >= 15 is 0 Å². The summed E-state index contributed by atoms with van der Waals surface area (Å²) in [6.45, 7) is 6.47. The fourth-order valence-corrected chi connectivity index (χ4v) is 8.06. The zero-order valence-corrected chi connectivity index (χ0v) is 43.7. The van der Waals surface area contributed by atoms with Crippen molar-refractivity contribution in [3.63, 3.8) is 0 Å². The third-order valence-electron chi connectivity index (χ3n) is 12.3. The van der Waals surface area contributed by atoms with Crippen molar-refractivity contribution in [3.8, 4) is 0 Å². The number of rotatable bonds is 51. The first-order valence-electron chi connectivity index (χ1n) is 28.3. The molecule has 1 atom stereocenters. The molecule has 6 nitrogen and oxygen atoms in total. The Bertz CT molecular complexity index is 1200. The quantitative estimate of drug-likeness (QED) is 0.0262. The molecule has 0 saturated heterocycles. The summed E-state index contributed by atoms with van der Waals surface area (Å²) in [5.74, 6) is -0.883. The van der Waals surface area contributed by atoms with E-state index < -0.39 is 6.10 Å². The molecule has 66 heavy (non-hydrogen) atoms. The Labute approximate surface area is 409 Å². The summed E-state index contributed by atoms with van der Waals surface area (Å²) < 4.78 is 16.7. The second-order valence-corrected chi connectivity index (χ2v) is 18.8. The summed E-state index contributed by atoms with van der Waals surface area (Å²) in [7, 11) is 0. The van der Waals surface area contributed by atoms with Crippen LogP contribution in [0.25, 0.3) is 0 Å². The molecular weight excluding hydrogens is 817 g/mol. The number of carbonyl (C=O) groups is 3. The number of hydrogen-bond acceptors (Lipinski definition) is 6. The summed E-state index contributed by atoms with van der Waals surface area (Å²) in [5.41, 5.74) is 0. The lowest BCUT2D eigenvalue weighted by Gasteiger charge is -2.18. The molecule has 0 heterocycles. The van der Waals surface area contributed by atoms with Crippen LogP contribution in [0.5, 0.6) is 0 Å². The van der Waals surface area contributed by atoms with Crippen molar-refractivity contribution in [1.82, 2.24) is 0 Å². The topological polar surface area (TPSA) is 78.9 Å². The first-order valence-corrected chi connectivity index (χ1v) is 28.3. The molecule has 0 aliphatic heterocycles. The Kier molecular flexibility index (Phi) is 52.3. The molecule has 0 aromatic rings. The van der Waals surface area contributed by atoms with E-state index in [0.717, 1.165) is 103 Å². The fourth-order valence-electron chi connectivity index (χ4n) is 8.06. The van der Waals surface area contributed by atoms with Crippen LogP contribution in [0.1, 0.15) is 284 Å². The van der Waals surface area contributed by atoms with Crippen molar-refractivity contribution in [2.45, 2.75) is 290 Å². The van der Waals surface area contributed by atoms with Crippen molar-refractivity contribution in [1.29, 1.82) is 0 Å². The molecule has 0 aromatic heterocycles. The van der Waals surface area contributed by atoms with Crippen molar-refractivity contribution in [2.75, 3.05) is 13.2 Å². The van der Waals surface area contributed by atoms with Crippen LogP contribution in [0.15, 0.2) is 60.8 Å². The molecule has 0 amide bonds. The molecule has 0 rings (SSSR count). The van der Waals surface area contributed by atoms with Gasteiger partial charge >= 0.3 is 17.9 Å². The smallest absolute Gasteiger partial charge is 0.306 e. The van der Waals surface area contributed by atoms with Gasteiger partial charge in [-0.05, 0) is 64.2 Å². The highest BCUT2D eigenvalue weighted by molar-refractivity contribution is 5.71. The second-order valence-electron chi connectivity index (χ2n) is 18.8. The van der Waals surface area contributed by atoms with Gasteiger partial charge in [-0.3, -0.25) is 14.4 Å². The standard InChI is InChI=1S/C60H106O6/c1-4-7-10-13-15-17-19-21-23-25-27-28-29-30-31-32-33-35-36-38-40-42-44-47-50-53-59(62)65-56-57(55-64-58(61)52-49-46-12-9-6-3)66-60(63)54-51-48-45-43-41-39-37-34-26-24-22-20-18-16-14-11-8-5-2/h7,10,15,17,21,23,27-28,30-31,57H,4-6,8-9,11-14,16,18-20,22,24-26,29,32-56H2,1-3H3/b10-7-,17-15-,23-21-,28-27-,31-30-. The lowest BCUT2D eigenvalue weighted by molar-refractivity contribution is -0.167. The van der Waals surface area contributed by atoms with Crippen molar-refractivity contribution in [3.05, 3.63) is 60.8 Å². The number of hydrogen-bond donors (Lipinski definition) is 0. The van der Waals surface area contributed by atoms with Crippen molar-refractivity contribution >= 4 is 17.9 Å². The molecule has 0 spiro atoms. The Morgan fingerprint density at radius 3 is 0.924 bits per heavy atom. The molecule has 0 aliphatic carbocycles. The molecular formula is C60H106O6. The number of ether oxygens (including phenoxy) is 3. The number of allylic oxidation sites excluding steroid dienone is 10. The fraction of sp³-hybridized carbons (Fsp3) is 0.783. The average Bonchev–Trinajstić information content (AvgIpc) is 3.31. The average molecular weight is 924 g/mol. The van der Waals surface area contributed by atoms with Gasteiger partial charge in [-0.1, -0.05) is 261 Å². The van der Waals surface area contributed by atoms with Gasteiger partial charge in [0.15, 0.2) is 6.10 Å². The van der Waals surface area contributed by atoms with Crippen LogP contribution < -0.4 is 0 Å². The molecule has 0 N–H and O–H groups in total. The maximum atomic E-state index is 12.8. The SMILES string of the molecule is CC/C=C\C/C=C\C/C=C\C/C=C\C/C=C\CCCCCCCCCCCC(=O)OCC(COC(=O)CCCCCCC)OC(=O)CCCCCCCCCCCCCCCCCCCC. The van der Waals surface area contributed by atoms with Crippen LogP contribution in [0.2, 0.25) is 0 Å². The minimum Gasteiger partial charge on any atom is -0.462 e. The van der Waals surface area contributed by atoms with Crippen LogP contribution >= 0.6 is 0 Å². The summed E-state index contributed by atoms with van der Waals surface area (Å²) in [6.07, 6.45) is 68.3. The first kappa shape index (κ1) is 63.1. The monoisotopic (exact) mass is 923 g/mol. The van der Waals surface area contributed by atoms with E-state index in [1.807, 2.05) is 0 Å². The van der Waals surface area contributed by atoms with Gasteiger partial charge in [0.05, 0.1) is 0 Å². The Morgan fingerprint density at radius 1 is 0.318 bits per heavy atom. The van der Waals surface area contributed by atoms with Gasteiger partial charge < -0.3 is 14.2 Å². The van der Waals surface area contributed by atoms with Crippen molar-refractivity contribution in [2.24, 2.45) is 0 Å². The lowest BCUT2D eigenvalue weighted by atomic mass is 10.0. The normalized spacial score (nSPS) is 12.5. The molecule has 1 unspecified atom stereocenters. The Morgan fingerprint density at radius 2 is 0.591 bits per heavy atom. The number of unbranched alkanes of at least 4 members (excludes halogenated alkanes) is 30. The summed E-state index contributed by atoms with van der Waals surface area (Å²) in [5, 5.41) is 0. The van der Waals surface area contributed by atoms with Gasteiger partial charge in [0.25, 0.3) is 0 Å². The van der Waals surface area contributed by atoms with Crippen LogP contribution in [0, 0.1) is 0 Å². The number of carbonyl (C=O) groups excluding carboxylic acids is 3. The largest absolute Gasteiger partial charge is 0.462 e. The Balaban J connectivity index is 4.09. The predicted octanol–water partition coefficient (Wildman–Crippen LogP) is 18.8. The molecule has 0 saturated carbocycles. The Hall–Kier alpha value is -2.89. The molecule has 0 bridgehead atoms. The van der Waals surface area contributed by atoms with Gasteiger partial charge in [-0.15, -0.1) is 0 Å². The molecule has 0 aromatic carbocycles. The molecule has 0 fully saturated rings. The highest BCUT2D eigenvalue weighted by Gasteiger charge is 2.19. The van der Waals surface area contributed by atoms with Gasteiger partial charge in [0.1, 0.15) is 13.2 Å². The zero-order chi connectivity index (χ0) is 47.9. The van der Waals surface area contributed by atoms with E-state index in [2.05, 4.69) is 81.5 Å². The summed E-state index contributed by atoms with van der Waals surface area (Å²) in [4.78, 5) is 37.8.